The number of hydrogen-bond donors (Lipinski definition) is 3. The van der Waals surface area contributed by atoms with E-state index in [0.717, 1.165) is 12.8 Å². The minimum Gasteiger partial charge on any atom is -0.368 e. The third kappa shape index (κ3) is 3.88. The molecular formula is C12H23N3O2S. The van der Waals surface area contributed by atoms with Crippen LogP contribution in [0.1, 0.15) is 33.1 Å². The van der Waals surface area contributed by atoms with Crippen LogP contribution < -0.4 is 16.4 Å². The molecule has 5 nitrogen and oxygen atoms in total. The number of carbonyl (C=O) groups excluding carboxylic acids is 2. The van der Waals surface area contributed by atoms with E-state index >= 15 is 0 Å². The molecule has 1 saturated carbocycles. The molecule has 1 aliphatic rings. The summed E-state index contributed by atoms with van der Waals surface area (Å²) in [5.41, 5.74) is 4.95. The number of nitrogens with two attached hydrogens (primary N) is 1. The summed E-state index contributed by atoms with van der Waals surface area (Å²) in [6.07, 6.45) is 2.39. The molecule has 2 unspecified atom stereocenters. The fraction of sp³-hybridized carbons (Fsp3) is 0.833. The van der Waals surface area contributed by atoms with Crippen molar-refractivity contribution >= 4 is 23.6 Å². The van der Waals surface area contributed by atoms with E-state index in [1.54, 1.807) is 18.8 Å². The number of amides is 2. The highest BCUT2D eigenvalue weighted by Crippen LogP contribution is 2.37. The number of thioether (sulfide) groups is 1. The average Bonchev–Trinajstić information content (AvgIpc) is 2.70. The lowest BCUT2D eigenvalue weighted by atomic mass is 9.96. The highest BCUT2D eigenvalue weighted by atomic mass is 32.2. The fourth-order valence-electron chi connectivity index (χ4n) is 2.39. The van der Waals surface area contributed by atoms with Crippen molar-refractivity contribution in [3.8, 4) is 0 Å². The van der Waals surface area contributed by atoms with Gasteiger partial charge in [0.15, 0.2) is 0 Å². The molecule has 1 aliphatic carbocycles. The number of carbonyl (C=O) groups is 2. The third-order valence-corrected chi connectivity index (χ3v) is 4.54. The second-order valence-electron chi connectivity index (χ2n) is 5.09. The smallest absolute Gasteiger partial charge is 0.237 e. The van der Waals surface area contributed by atoms with Gasteiger partial charge in [0, 0.05) is 18.3 Å². The van der Waals surface area contributed by atoms with E-state index in [0.29, 0.717) is 17.4 Å². The summed E-state index contributed by atoms with van der Waals surface area (Å²) in [4.78, 5) is 22.9. The molecule has 1 rings (SSSR count). The van der Waals surface area contributed by atoms with Crippen molar-refractivity contribution < 1.29 is 9.59 Å². The maximum absolute atomic E-state index is 11.7. The van der Waals surface area contributed by atoms with E-state index in [9.17, 15) is 9.59 Å². The van der Waals surface area contributed by atoms with Gasteiger partial charge in [0.2, 0.25) is 11.8 Å². The van der Waals surface area contributed by atoms with Crippen LogP contribution in [0.4, 0.5) is 0 Å². The molecule has 0 aromatic rings. The Morgan fingerprint density at radius 1 is 1.50 bits per heavy atom. The molecule has 0 radical (unpaired) electrons. The lowest BCUT2D eigenvalue weighted by Crippen LogP contribution is -2.56. The maximum atomic E-state index is 11.7. The number of rotatable bonds is 6. The zero-order valence-corrected chi connectivity index (χ0v) is 12.1. The van der Waals surface area contributed by atoms with Crippen molar-refractivity contribution in [3.05, 3.63) is 0 Å². The summed E-state index contributed by atoms with van der Waals surface area (Å²) in [5.74, 6) is 0.185. The molecule has 104 valence electrons. The standard InChI is InChI=1S/C12H23N3O2S/c1-8(2)15-12(11(13)17)5-4-9(6-12)18-7-10(16)14-3/h8-9,15H,4-7H2,1-3H3,(H2,13,17)(H,14,16). The van der Waals surface area contributed by atoms with Crippen LogP contribution in [0.25, 0.3) is 0 Å². The van der Waals surface area contributed by atoms with Gasteiger partial charge in [0.25, 0.3) is 0 Å². The normalized spacial score (nSPS) is 27.4. The molecule has 0 heterocycles. The van der Waals surface area contributed by atoms with Crippen LogP contribution >= 0.6 is 11.8 Å². The first-order valence-electron chi connectivity index (χ1n) is 6.29. The molecule has 0 saturated heterocycles. The van der Waals surface area contributed by atoms with Gasteiger partial charge in [-0.15, -0.1) is 11.8 Å². The molecule has 0 spiro atoms. The Kier molecular flexibility index (Phi) is 5.47. The number of primary amides is 1. The molecular weight excluding hydrogens is 250 g/mol. The first kappa shape index (κ1) is 15.3. The van der Waals surface area contributed by atoms with Crippen LogP contribution in [0.3, 0.4) is 0 Å². The summed E-state index contributed by atoms with van der Waals surface area (Å²) >= 11 is 1.60. The minimum absolute atomic E-state index is 0.0217. The minimum atomic E-state index is -0.589. The average molecular weight is 273 g/mol. The topological polar surface area (TPSA) is 84.2 Å². The van der Waals surface area contributed by atoms with Gasteiger partial charge in [0.1, 0.15) is 0 Å². The summed E-state index contributed by atoms with van der Waals surface area (Å²) in [5, 5.41) is 6.22. The van der Waals surface area contributed by atoms with Crippen LogP contribution in [-0.2, 0) is 9.59 Å². The predicted molar refractivity (Wildman–Crippen MR) is 74.4 cm³/mol. The third-order valence-electron chi connectivity index (χ3n) is 3.23. The van der Waals surface area contributed by atoms with Gasteiger partial charge in [-0.1, -0.05) is 0 Å². The highest BCUT2D eigenvalue weighted by Gasteiger charge is 2.44. The van der Waals surface area contributed by atoms with Crippen molar-refractivity contribution in [2.75, 3.05) is 12.8 Å². The van der Waals surface area contributed by atoms with Gasteiger partial charge in [0.05, 0.1) is 11.3 Å². The molecule has 2 atom stereocenters. The lowest BCUT2D eigenvalue weighted by Gasteiger charge is -2.29. The summed E-state index contributed by atoms with van der Waals surface area (Å²) in [6, 6.07) is 0.222. The second kappa shape index (κ2) is 6.43. The van der Waals surface area contributed by atoms with E-state index in [2.05, 4.69) is 10.6 Å². The molecule has 18 heavy (non-hydrogen) atoms. The first-order chi connectivity index (χ1) is 8.39. The number of hydrogen-bond acceptors (Lipinski definition) is 4. The van der Waals surface area contributed by atoms with Crippen LogP contribution in [0.2, 0.25) is 0 Å². The summed E-state index contributed by atoms with van der Waals surface area (Å²) < 4.78 is 0. The van der Waals surface area contributed by atoms with Crippen LogP contribution in [0, 0.1) is 0 Å². The van der Waals surface area contributed by atoms with Crippen molar-refractivity contribution in [2.45, 2.75) is 49.9 Å². The van der Waals surface area contributed by atoms with Gasteiger partial charge in [-0.25, -0.2) is 0 Å². The van der Waals surface area contributed by atoms with Crippen molar-refractivity contribution in [1.29, 1.82) is 0 Å². The zero-order valence-electron chi connectivity index (χ0n) is 11.3. The van der Waals surface area contributed by atoms with Gasteiger partial charge in [-0.2, -0.15) is 0 Å². The molecule has 0 bridgehead atoms. The monoisotopic (exact) mass is 273 g/mol. The van der Waals surface area contributed by atoms with Gasteiger partial charge >= 0.3 is 0 Å². The Hall–Kier alpha value is -0.750. The van der Waals surface area contributed by atoms with Gasteiger partial charge in [-0.3, -0.25) is 9.59 Å². The Balaban J connectivity index is 2.55. The Labute approximate surface area is 113 Å². The SMILES string of the molecule is CNC(=O)CSC1CCC(NC(C)C)(C(N)=O)C1. The maximum Gasteiger partial charge on any atom is 0.237 e. The zero-order chi connectivity index (χ0) is 13.8. The van der Waals surface area contributed by atoms with Crippen molar-refractivity contribution in [2.24, 2.45) is 5.73 Å². The van der Waals surface area contributed by atoms with Crippen molar-refractivity contribution in [1.82, 2.24) is 10.6 Å². The van der Waals surface area contributed by atoms with E-state index in [1.165, 1.54) is 0 Å². The quantitative estimate of drug-likeness (QED) is 0.647. The van der Waals surface area contributed by atoms with Gasteiger partial charge in [-0.05, 0) is 33.1 Å². The Bertz CT molecular complexity index is 322. The lowest BCUT2D eigenvalue weighted by molar-refractivity contribution is -0.124. The first-order valence-corrected chi connectivity index (χ1v) is 7.34. The molecule has 2 amide bonds. The van der Waals surface area contributed by atoms with E-state index in [1.807, 2.05) is 13.8 Å². The molecule has 6 heteroatoms. The second-order valence-corrected chi connectivity index (χ2v) is 6.38. The van der Waals surface area contributed by atoms with E-state index < -0.39 is 5.54 Å². The highest BCUT2D eigenvalue weighted by molar-refractivity contribution is 8.00. The van der Waals surface area contributed by atoms with Crippen LogP contribution in [0.5, 0.6) is 0 Å². The Morgan fingerprint density at radius 2 is 2.17 bits per heavy atom. The van der Waals surface area contributed by atoms with E-state index in [-0.39, 0.29) is 17.9 Å². The molecule has 1 fully saturated rings. The number of nitrogens with one attached hydrogen (secondary N) is 2. The molecule has 0 aromatic heterocycles. The van der Waals surface area contributed by atoms with Gasteiger partial charge < -0.3 is 16.4 Å². The predicted octanol–water partition coefficient (Wildman–Crippen LogP) is 0.240. The van der Waals surface area contributed by atoms with E-state index in [4.69, 9.17) is 5.73 Å². The Morgan fingerprint density at radius 3 is 2.67 bits per heavy atom. The fourth-order valence-corrected chi connectivity index (χ4v) is 3.61. The molecule has 4 N–H and O–H groups in total. The van der Waals surface area contributed by atoms with Crippen LogP contribution in [0.15, 0.2) is 0 Å². The largest absolute Gasteiger partial charge is 0.368 e. The molecule has 0 aromatic carbocycles. The molecule has 0 aliphatic heterocycles. The van der Waals surface area contributed by atoms with Crippen molar-refractivity contribution in [3.63, 3.8) is 0 Å². The van der Waals surface area contributed by atoms with Crippen LogP contribution in [-0.4, -0.2) is 41.4 Å². The summed E-state index contributed by atoms with van der Waals surface area (Å²) in [7, 11) is 1.63. The summed E-state index contributed by atoms with van der Waals surface area (Å²) in [6.45, 7) is 4.02.